The molecule has 184 valence electrons. The van der Waals surface area contributed by atoms with Crippen molar-refractivity contribution in [2.24, 2.45) is 11.3 Å². The highest BCUT2D eigenvalue weighted by Gasteiger charge is 2.44. The van der Waals surface area contributed by atoms with Gasteiger partial charge in [-0.2, -0.15) is 0 Å². The van der Waals surface area contributed by atoms with Crippen molar-refractivity contribution in [3.63, 3.8) is 0 Å². The van der Waals surface area contributed by atoms with Gasteiger partial charge in [0.25, 0.3) is 5.91 Å². The number of benzene rings is 2. The van der Waals surface area contributed by atoms with Gasteiger partial charge in [0.15, 0.2) is 0 Å². The first-order valence-electron chi connectivity index (χ1n) is 12.5. The van der Waals surface area contributed by atoms with Crippen LogP contribution in [0, 0.1) is 18.3 Å². The summed E-state index contributed by atoms with van der Waals surface area (Å²) in [5.74, 6) is 0.486. The minimum absolute atomic E-state index is 0.0955. The molecule has 1 heterocycles. The Labute approximate surface area is 207 Å². The molecule has 2 aromatic rings. The monoisotopic (exact) mass is 482 g/mol. The average molecular weight is 483 g/mol. The molecule has 0 bridgehead atoms. The number of aliphatic hydroxyl groups is 1. The molecule has 6 heteroatoms. The van der Waals surface area contributed by atoms with Crippen molar-refractivity contribution in [2.45, 2.75) is 75.3 Å². The van der Waals surface area contributed by atoms with Gasteiger partial charge in [-0.15, -0.1) is 0 Å². The van der Waals surface area contributed by atoms with E-state index in [-0.39, 0.29) is 11.7 Å². The third-order valence-electron chi connectivity index (χ3n) is 7.98. The van der Waals surface area contributed by atoms with Crippen molar-refractivity contribution in [1.29, 1.82) is 0 Å². The quantitative estimate of drug-likeness (QED) is 0.374. The molecule has 1 aliphatic heterocycles. The summed E-state index contributed by atoms with van der Waals surface area (Å²) in [4.78, 5) is 16.6. The molecule has 5 nitrogen and oxygen atoms in total. The molecule has 0 spiro atoms. The fraction of sp³-hybridized carbons (Fsp3) is 0.536. The van der Waals surface area contributed by atoms with Crippen LogP contribution in [0.1, 0.15) is 61.9 Å². The van der Waals surface area contributed by atoms with E-state index in [1.807, 2.05) is 30.3 Å². The van der Waals surface area contributed by atoms with E-state index in [2.05, 4.69) is 24.1 Å². The molecule has 2 aliphatic rings. The Morgan fingerprint density at radius 3 is 2.74 bits per heavy atom. The molecule has 0 unspecified atom stereocenters. The minimum Gasteiger partial charge on any atom is -0.508 e. The van der Waals surface area contributed by atoms with Gasteiger partial charge in [-0.25, -0.2) is 0 Å². The number of amides is 1. The number of phenolic OH excluding ortho intramolecular Hbond substituents is 1. The zero-order chi connectivity index (χ0) is 24.3. The van der Waals surface area contributed by atoms with Crippen LogP contribution in [0.5, 0.6) is 5.75 Å². The summed E-state index contributed by atoms with van der Waals surface area (Å²) in [5, 5.41) is 24.0. The molecular formula is C28H38N2O3S. The second kappa shape index (κ2) is 10.7. The van der Waals surface area contributed by atoms with E-state index in [0.717, 1.165) is 17.9 Å². The van der Waals surface area contributed by atoms with Crippen LogP contribution in [-0.2, 0) is 0 Å². The Hall–Kier alpha value is -2.02. The number of thioether (sulfide) groups is 1. The number of nitrogens with zero attached hydrogens (tertiary/aromatic N) is 1. The maximum absolute atomic E-state index is 13.1. The largest absolute Gasteiger partial charge is 0.508 e. The fourth-order valence-electron chi connectivity index (χ4n) is 5.84. The molecule has 0 radical (unpaired) electrons. The van der Waals surface area contributed by atoms with Crippen molar-refractivity contribution in [2.75, 3.05) is 13.1 Å². The van der Waals surface area contributed by atoms with Crippen molar-refractivity contribution in [3.8, 4) is 5.75 Å². The highest BCUT2D eigenvalue weighted by molar-refractivity contribution is 8.00. The van der Waals surface area contributed by atoms with Crippen LogP contribution in [-0.4, -0.2) is 51.6 Å². The number of β-amino-alcohol motifs (C(OH)–C–C–N with tert-alkyl or cyclic N) is 1. The topological polar surface area (TPSA) is 72.8 Å². The van der Waals surface area contributed by atoms with E-state index in [1.54, 1.807) is 25.1 Å². The van der Waals surface area contributed by atoms with E-state index in [4.69, 9.17) is 0 Å². The van der Waals surface area contributed by atoms with Crippen LogP contribution >= 0.6 is 11.8 Å². The van der Waals surface area contributed by atoms with Gasteiger partial charge in [-0.3, -0.25) is 9.69 Å². The van der Waals surface area contributed by atoms with Gasteiger partial charge >= 0.3 is 0 Å². The summed E-state index contributed by atoms with van der Waals surface area (Å²) in [6.07, 6.45) is 5.64. The Kier molecular flexibility index (Phi) is 7.90. The molecule has 1 saturated heterocycles. The van der Waals surface area contributed by atoms with Gasteiger partial charge in [0.1, 0.15) is 11.1 Å². The van der Waals surface area contributed by atoms with Gasteiger partial charge in [0.2, 0.25) is 0 Å². The van der Waals surface area contributed by atoms with Crippen LogP contribution in [0.4, 0.5) is 0 Å². The maximum atomic E-state index is 13.1. The third kappa shape index (κ3) is 5.61. The molecular weight excluding hydrogens is 444 g/mol. The zero-order valence-corrected chi connectivity index (χ0v) is 21.4. The molecule has 5 atom stereocenters. The number of fused-ring (bicyclic) bond motifs is 1. The molecule has 2 aromatic carbocycles. The van der Waals surface area contributed by atoms with Crippen LogP contribution in [0.25, 0.3) is 0 Å². The standard InChI is InChI=1S/C28H38N2O3S/c1-19-16-28(3)15-8-7-10-21(28)17-30(19)18-25(32)27(34-22-11-5-4-6-12-22)29-26(33)23-13-9-14-24(31)20(23)2/h4-6,9,11-14,19,21,25,27,31-32H,7-8,10,15-18H2,1-3H3,(H,29,33)/t19-,21-,25-,27+,28+/m1/s1. The van der Waals surface area contributed by atoms with Crippen molar-refractivity contribution in [3.05, 3.63) is 59.7 Å². The SMILES string of the molecule is Cc1c(O)cccc1C(=O)N[C@@H](Sc1ccccc1)[C@H](O)CN1C[C@H]2CCCC[C@@]2(C)C[C@H]1C. The highest BCUT2D eigenvalue weighted by atomic mass is 32.2. The number of carbonyl (C=O) groups is 1. The lowest BCUT2D eigenvalue weighted by Crippen LogP contribution is -2.55. The van der Waals surface area contributed by atoms with Gasteiger partial charge in [0.05, 0.1) is 6.10 Å². The number of aromatic hydroxyl groups is 1. The number of carbonyl (C=O) groups excluding carboxylic acids is 1. The summed E-state index contributed by atoms with van der Waals surface area (Å²) in [6, 6.07) is 15.2. The first kappa shape index (κ1) is 25.1. The molecule has 4 rings (SSSR count). The summed E-state index contributed by atoms with van der Waals surface area (Å²) in [7, 11) is 0. The molecule has 0 aromatic heterocycles. The molecule has 2 fully saturated rings. The van der Waals surface area contributed by atoms with Gasteiger partial charge in [0, 0.05) is 35.2 Å². The molecule has 1 aliphatic carbocycles. The second-order valence-electron chi connectivity index (χ2n) is 10.4. The predicted octanol–water partition coefficient (Wildman–Crippen LogP) is 5.20. The lowest BCUT2D eigenvalue weighted by atomic mass is 9.62. The Morgan fingerprint density at radius 2 is 1.97 bits per heavy atom. The average Bonchev–Trinajstić information content (AvgIpc) is 2.81. The number of hydrogen-bond donors (Lipinski definition) is 3. The first-order chi connectivity index (χ1) is 16.3. The number of phenols is 1. The number of rotatable bonds is 7. The van der Waals surface area contributed by atoms with Crippen LogP contribution in [0.2, 0.25) is 0 Å². The number of likely N-dealkylation sites (tertiary alicyclic amines) is 1. The highest BCUT2D eigenvalue weighted by Crippen LogP contribution is 2.48. The Balaban J connectivity index is 1.50. The molecule has 1 saturated carbocycles. The maximum Gasteiger partial charge on any atom is 0.252 e. The lowest BCUT2D eigenvalue weighted by Gasteiger charge is -2.52. The van der Waals surface area contributed by atoms with E-state index in [1.165, 1.54) is 37.4 Å². The number of piperidine rings is 1. The van der Waals surface area contributed by atoms with Crippen LogP contribution in [0.15, 0.2) is 53.4 Å². The fourth-order valence-corrected chi connectivity index (χ4v) is 6.85. The van der Waals surface area contributed by atoms with Gasteiger partial charge in [-0.05, 0) is 68.7 Å². The molecule has 1 amide bonds. The zero-order valence-electron chi connectivity index (χ0n) is 20.5. The van der Waals surface area contributed by atoms with E-state index in [9.17, 15) is 15.0 Å². The summed E-state index contributed by atoms with van der Waals surface area (Å²) in [5.41, 5.74) is 1.38. The van der Waals surface area contributed by atoms with E-state index in [0.29, 0.717) is 35.0 Å². The number of hydrogen-bond acceptors (Lipinski definition) is 5. The van der Waals surface area contributed by atoms with E-state index < -0.39 is 11.5 Å². The Bertz CT molecular complexity index is 985. The van der Waals surface area contributed by atoms with Gasteiger partial charge in [-0.1, -0.05) is 55.8 Å². The first-order valence-corrected chi connectivity index (χ1v) is 13.4. The summed E-state index contributed by atoms with van der Waals surface area (Å²) >= 11 is 1.47. The van der Waals surface area contributed by atoms with Crippen LogP contribution in [0.3, 0.4) is 0 Å². The number of nitrogens with one attached hydrogen (secondary N) is 1. The molecule has 34 heavy (non-hydrogen) atoms. The van der Waals surface area contributed by atoms with Crippen LogP contribution < -0.4 is 5.32 Å². The molecule has 3 N–H and O–H groups in total. The second-order valence-corrected chi connectivity index (χ2v) is 11.7. The Morgan fingerprint density at radius 1 is 1.21 bits per heavy atom. The minimum atomic E-state index is -0.734. The van der Waals surface area contributed by atoms with Gasteiger partial charge < -0.3 is 15.5 Å². The van der Waals surface area contributed by atoms with Crippen molar-refractivity contribution >= 4 is 17.7 Å². The summed E-state index contributed by atoms with van der Waals surface area (Å²) < 4.78 is 0. The smallest absolute Gasteiger partial charge is 0.252 e. The third-order valence-corrected chi connectivity index (χ3v) is 9.21. The lowest BCUT2D eigenvalue weighted by molar-refractivity contribution is -0.0358. The number of aliphatic hydroxyl groups excluding tert-OH is 1. The van der Waals surface area contributed by atoms with E-state index >= 15 is 0 Å². The summed E-state index contributed by atoms with van der Waals surface area (Å²) in [6.45, 7) is 8.00. The predicted molar refractivity (Wildman–Crippen MR) is 138 cm³/mol. The normalized spacial score (nSPS) is 26.9. The van der Waals surface area contributed by atoms with Crippen molar-refractivity contribution in [1.82, 2.24) is 10.2 Å². The van der Waals surface area contributed by atoms with Crippen molar-refractivity contribution < 1.29 is 15.0 Å².